The van der Waals surface area contributed by atoms with E-state index in [1.165, 1.54) is 5.69 Å². The molecule has 114 valence electrons. The first-order valence-electron chi connectivity index (χ1n) is 8.06. The van der Waals surface area contributed by atoms with E-state index in [0.29, 0.717) is 5.96 Å². The van der Waals surface area contributed by atoms with Crippen molar-refractivity contribution in [1.29, 1.82) is 0 Å². The number of aliphatic imine (C=N–C) groups is 2. The summed E-state index contributed by atoms with van der Waals surface area (Å²) in [6.45, 7) is 3.60. The number of carbonyl (C=O) groups is 1. The van der Waals surface area contributed by atoms with Crippen molar-refractivity contribution >= 4 is 23.3 Å². The molecule has 0 radical (unpaired) electrons. The fourth-order valence-corrected chi connectivity index (χ4v) is 3.50. The second kappa shape index (κ2) is 5.55. The van der Waals surface area contributed by atoms with E-state index in [-0.39, 0.29) is 11.8 Å². The summed E-state index contributed by atoms with van der Waals surface area (Å²) < 4.78 is 0. The normalized spacial score (nSPS) is 24.9. The second-order valence-electron chi connectivity index (χ2n) is 6.11. The largest absolute Gasteiger partial charge is 0.368 e. The molecule has 2 fully saturated rings. The average molecular weight is 296 g/mol. The zero-order valence-electron chi connectivity index (χ0n) is 12.6. The summed E-state index contributed by atoms with van der Waals surface area (Å²) in [6.07, 6.45) is 2.95. The molecule has 2 aliphatic heterocycles. The van der Waals surface area contributed by atoms with Crippen molar-refractivity contribution in [3.05, 3.63) is 30.3 Å². The number of para-hydroxylation sites is 1. The van der Waals surface area contributed by atoms with Crippen LogP contribution < -0.4 is 4.90 Å². The van der Waals surface area contributed by atoms with Crippen LogP contribution in [0, 0.1) is 5.92 Å². The van der Waals surface area contributed by atoms with Crippen LogP contribution in [0.25, 0.3) is 0 Å². The lowest BCUT2D eigenvalue weighted by atomic mass is 10.1. The van der Waals surface area contributed by atoms with Gasteiger partial charge >= 0.3 is 0 Å². The molecular weight excluding hydrogens is 276 g/mol. The smallest absolute Gasteiger partial charge is 0.257 e. The lowest BCUT2D eigenvalue weighted by molar-refractivity contribution is -0.119. The number of benzene rings is 1. The minimum atomic E-state index is -0.0191. The van der Waals surface area contributed by atoms with Crippen LogP contribution >= 0.6 is 0 Å². The van der Waals surface area contributed by atoms with Crippen LogP contribution in [0.5, 0.6) is 0 Å². The van der Waals surface area contributed by atoms with E-state index in [1.54, 1.807) is 0 Å². The Bertz CT molecular complexity index is 629. The summed E-state index contributed by atoms with van der Waals surface area (Å²) in [7, 11) is 0. The average Bonchev–Trinajstić information content (AvgIpc) is 3.05. The van der Waals surface area contributed by atoms with Gasteiger partial charge in [0.2, 0.25) is 5.96 Å². The third-order valence-electron chi connectivity index (χ3n) is 4.76. The molecule has 1 atom stereocenters. The van der Waals surface area contributed by atoms with Gasteiger partial charge in [0.05, 0.1) is 5.92 Å². The van der Waals surface area contributed by atoms with E-state index in [0.717, 1.165) is 51.2 Å². The zero-order chi connectivity index (χ0) is 14.9. The van der Waals surface area contributed by atoms with E-state index in [2.05, 4.69) is 44.1 Å². The van der Waals surface area contributed by atoms with E-state index < -0.39 is 0 Å². The lowest BCUT2D eigenvalue weighted by Gasteiger charge is -2.37. The number of rotatable bonds is 1. The number of carbonyl (C=O) groups excluding carboxylic acids is 1. The van der Waals surface area contributed by atoms with Gasteiger partial charge < -0.3 is 9.80 Å². The molecule has 3 aliphatic rings. The topological polar surface area (TPSA) is 48.3 Å². The summed E-state index contributed by atoms with van der Waals surface area (Å²) in [5.74, 6) is 0.642. The van der Waals surface area contributed by atoms with E-state index in [1.807, 2.05) is 6.07 Å². The number of anilines is 1. The first-order chi connectivity index (χ1) is 10.8. The number of guanidine groups is 1. The quantitative estimate of drug-likeness (QED) is 0.796. The number of hydrogen-bond acceptors (Lipinski definition) is 4. The summed E-state index contributed by atoms with van der Waals surface area (Å²) in [5, 5.41) is 0. The Balaban J connectivity index is 1.45. The first-order valence-corrected chi connectivity index (χ1v) is 8.06. The van der Waals surface area contributed by atoms with Gasteiger partial charge in [0.1, 0.15) is 0 Å². The summed E-state index contributed by atoms with van der Waals surface area (Å²) >= 11 is 0. The fourth-order valence-electron chi connectivity index (χ4n) is 3.50. The molecule has 1 aromatic rings. The van der Waals surface area contributed by atoms with Gasteiger partial charge in [-0.05, 0) is 31.4 Å². The predicted octanol–water partition coefficient (Wildman–Crippen LogP) is 1.95. The van der Waals surface area contributed by atoms with Crippen molar-refractivity contribution in [2.45, 2.75) is 19.3 Å². The third kappa shape index (κ3) is 2.40. The molecule has 1 saturated carbocycles. The van der Waals surface area contributed by atoms with Crippen LogP contribution in [-0.2, 0) is 4.79 Å². The van der Waals surface area contributed by atoms with Crippen molar-refractivity contribution < 1.29 is 4.79 Å². The third-order valence-corrected chi connectivity index (χ3v) is 4.76. The predicted molar refractivity (Wildman–Crippen MR) is 87.4 cm³/mol. The van der Waals surface area contributed by atoms with Gasteiger partial charge in [0.25, 0.3) is 5.91 Å². The van der Waals surface area contributed by atoms with Crippen LogP contribution in [-0.4, -0.2) is 48.7 Å². The number of nitrogens with zero attached hydrogens (tertiary/aromatic N) is 4. The van der Waals surface area contributed by atoms with Gasteiger partial charge in [-0.15, -0.1) is 0 Å². The maximum Gasteiger partial charge on any atom is 0.257 e. The van der Waals surface area contributed by atoms with Crippen LogP contribution in [0.15, 0.2) is 40.3 Å². The molecule has 0 aromatic heterocycles. The Morgan fingerprint density at radius 3 is 2.45 bits per heavy atom. The molecule has 0 spiro atoms. The number of fused-ring (bicyclic) bond motifs is 1. The maximum atomic E-state index is 12.1. The van der Waals surface area contributed by atoms with Gasteiger partial charge in [-0.25, -0.2) is 4.99 Å². The highest BCUT2D eigenvalue weighted by Crippen LogP contribution is 2.27. The van der Waals surface area contributed by atoms with Gasteiger partial charge in [0, 0.05) is 37.6 Å². The Morgan fingerprint density at radius 1 is 0.955 bits per heavy atom. The van der Waals surface area contributed by atoms with E-state index >= 15 is 0 Å². The van der Waals surface area contributed by atoms with Gasteiger partial charge in [0.15, 0.2) is 0 Å². The fraction of sp³-hybridized carbons (Fsp3) is 0.471. The van der Waals surface area contributed by atoms with Crippen LogP contribution in [0.1, 0.15) is 19.3 Å². The molecule has 1 unspecified atom stereocenters. The van der Waals surface area contributed by atoms with Crippen molar-refractivity contribution in [2.75, 3.05) is 31.1 Å². The Hall–Kier alpha value is -2.17. The molecule has 1 aliphatic carbocycles. The van der Waals surface area contributed by atoms with Crippen LogP contribution in [0.2, 0.25) is 0 Å². The monoisotopic (exact) mass is 296 g/mol. The molecular formula is C17H20N4O. The minimum Gasteiger partial charge on any atom is -0.368 e. The second-order valence-corrected chi connectivity index (χ2v) is 6.11. The SMILES string of the molecule is O=C1N=C(N2CCN(c3ccccc3)CC2)N=C2CCCC12. The highest BCUT2D eigenvalue weighted by atomic mass is 16.1. The lowest BCUT2D eigenvalue weighted by Crippen LogP contribution is -2.49. The van der Waals surface area contributed by atoms with E-state index in [9.17, 15) is 4.79 Å². The van der Waals surface area contributed by atoms with Gasteiger partial charge in [-0.1, -0.05) is 18.2 Å². The molecule has 0 bridgehead atoms. The van der Waals surface area contributed by atoms with Crippen molar-refractivity contribution in [3.63, 3.8) is 0 Å². The molecule has 1 aromatic carbocycles. The zero-order valence-corrected chi connectivity index (χ0v) is 12.6. The molecule has 5 heteroatoms. The molecule has 5 nitrogen and oxygen atoms in total. The van der Waals surface area contributed by atoms with Crippen molar-refractivity contribution in [1.82, 2.24) is 4.90 Å². The van der Waals surface area contributed by atoms with Gasteiger partial charge in [-0.2, -0.15) is 4.99 Å². The van der Waals surface area contributed by atoms with Crippen LogP contribution in [0.3, 0.4) is 0 Å². The van der Waals surface area contributed by atoms with Crippen molar-refractivity contribution in [3.8, 4) is 0 Å². The maximum absolute atomic E-state index is 12.1. The number of amides is 1. The number of piperazine rings is 1. The number of hydrogen-bond donors (Lipinski definition) is 0. The highest BCUT2D eigenvalue weighted by molar-refractivity contribution is 6.16. The van der Waals surface area contributed by atoms with Gasteiger partial charge in [-0.3, -0.25) is 4.79 Å². The molecule has 1 saturated heterocycles. The minimum absolute atomic E-state index is 0.0167. The molecule has 1 amide bonds. The molecule has 2 heterocycles. The molecule has 4 rings (SSSR count). The first kappa shape index (κ1) is 13.5. The Kier molecular flexibility index (Phi) is 3.41. The summed E-state index contributed by atoms with van der Waals surface area (Å²) in [4.78, 5) is 25.5. The van der Waals surface area contributed by atoms with E-state index in [4.69, 9.17) is 0 Å². The Morgan fingerprint density at radius 2 is 1.68 bits per heavy atom. The highest BCUT2D eigenvalue weighted by Gasteiger charge is 2.34. The van der Waals surface area contributed by atoms with Crippen LogP contribution in [0.4, 0.5) is 5.69 Å². The molecule has 22 heavy (non-hydrogen) atoms. The van der Waals surface area contributed by atoms with Crippen molar-refractivity contribution in [2.24, 2.45) is 15.9 Å². The summed E-state index contributed by atoms with van der Waals surface area (Å²) in [6, 6.07) is 10.5. The summed E-state index contributed by atoms with van der Waals surface area (Å²) in [5.41, 5.74) is 2.31. The standard InChI is InChI=1S/C17H20N4O/c22-16-14-7-4-8-15(14)18-17(19-16)21-11-9-20(10-12-21)13-5-2-1-3-6-13/h1-3,5-6,14H,4,7-12H2. The Labute approximate surface area is 130 Å². The molecule has 0 N–H and O–H groups in total.